The molecule has 0 fully saturated rings. The molecule has 21 heavy (non-hydrogen) atoms. The standard InChI is InChI=1S/C16H18FNO2S/c1-11-9-15(17)10-12(2)16(11)21(19,20)18-13(3)14-7-5-4-6-8-14/h4-10,13,18H,1-3H3/t13-/m0/s1. The minimum Gasteiger partial charge on any atom is -0.207 e. The number of sulfonamides is 1. The van der Waals surface area contributed by atoms with E-state index in [2.05, 4.69) is 4.72 Å². The van der Waals surface area contributed by atoms with Crippen molar-refractivity contribution in [2.75, 3.05) is 0 Å². The van der Waals surface area contributed by atoms with Crippen molar-refractivity contribution in [3.05, 3.63) is 65.0 Å². The zero-order chi connectivity index (χ0) is 15.6. The molecule has 0 saturated heterocycles. The predicted molar refractivity (Wildman–Crippen MR) is 81.1 cm³/mol. The van der Waals surface area contributed by atoms with E-state index in [4.69, 9.17) is 0 Å². The molecule has 0 saturated carbocycles. The largest absolute Gasteiger partial charge is 0.241 e. The maximum atomic E-state index is 13.3. The topological polar surface area (TPSA) is 46.2 Å². The second-order valence-electron chi connectivity index (χ2n) is 5.12. The van der Waals surface area contributed by atoms with Crippen molar-refractivity contribution >= 4 is 10.0 Å². The van der Waals surface area contributed by atoms with E-state index in [0.717, 1.165) is 5.56 Å². The Morgan fingerprint density at radius 3 is 2.10 bits per heavy atom. The number of halogens is 1. The molecule has 0 radical (unpaired) electrons. The lowest BCUT2D eigenvalue weighted by Gasteiger charge is -2.17. The van der Waals surface area contributed by atoms with Gasteiger partial charge in [-0.25, -0.2) is 17.5 Å². The Morgan fingerprint density at radius 2 is 1.57 bits per heavy atom. The Hall–Kier alpha value is -1.72. The third kappa shape index (κ3) is 3.49. The zero-order valence-corrected chi connectivity index (χ0v) is 13.0. The first kappa shape index (κ1) is 15.7. The summed E-state index contributed by atoms with van der Waals surface area (Å²) in [6.45, 7) is 4.97. The monoisotopic (exact) mass is 307 g/mol. The zero-order valence-electron chi connectivity index (χ0n) is 12.2. The van der Waals surface area contributed by atoms with Gasteiger partial charge in [0.15, 0.2) is 0 Å². The smallest absolute Gasteiger partial charge is 0.207 e. The molecule has 112 valence electrons. The summed E-state index contributed by atoms with van der Waals surface area (Å²) in [5.41, 5.74) is 1.68. The molecule has 0 aliphatic carbocycles. The molecule has 2 aromatic rings. The van der Waals surface area contributed by atoms with Crippen LogP contribution >= 0.6 is 0 Å². The molecule has 1 atom stereocenters. The molecule has 2 aromatic carbocycles. The van der Waals surface area contributed by atoms with Gasteiger partial charge in [0.25, 0.3) is 0 Å². The van der Waals surface area contributed by atoms with Crippen LogP contribution in [0.15, 0.2) is 47.4 Å². The lowest BCUT2D eigenvalue weighted by molar-refractivity contribution is 0.564. The fourth-order valence-corrected chi connectivity index (χ4v) is 4.11. The van der Waals surface area contributed by atoms with E-state index in [-0.39, 0.29) is 10.9 Å². The molecule has 0 spiro atoms. The molecule has 5 heteroatoms. The van der Waals surface area contributed by atoms with Crippen LogP contribution in [0.25, 0.3) is 0 Å². The van der Waals surface area contributed by atoms with Crippen LogP contribution in [0.3, 0.4) is 0 Å². The Morgan fingerprint density at radius 1 is 1.05 bits per heavy atom. The average Bonchev–Trinajstić information content (AvgIpc) is 2.37. The van der Waals surface area contributed by atoms with Gasteiger partial charge in [-0.1, -0.05) is 30.3 Å². The Labute approximate surface area is 124 Å². The molecule has 0 aliphatic rings. The summed E-state index contributed by atoms with van der Waals surface area (Å²) >= 11 is 0. The SMILES string of the molecule is Cc1cc(F)cc(C)c1S(=O)(=O)N[C@@H](C)c1ccccc1. The minimum absolute atomic E-state index is 0.145. The summed E-state index contributed by atoms with van der Waals surface area (Å²) < 4.78 is 41.0. The average molecular weight is 307 g/mol. The minimum atomic E-state index is -3.70. The van der Waals surface area contributed by atoms with Crippen molar-refractivity contribution in [3.8, 4) is 0 Å². The number of rotatable bonds is 4. The molecule has 0 amide bonds. The number of hydrogen-bond donors (Lipinski definition) is 1. The van der Waals surface area contributed by atoms with Crippen LogP contribution in [0.4, 0.5) is 4.39 Å². The summed E-state index contributed by atoms with van der Waals surface area (Å²) in [5, 5.41) is 0. The van der Waals surface area contributed by atoms with E-state index in [1.807, 2.05) is 30.3 Å². The van der Waals surface area contributed by atoms with E-state index in [9.17, 15) is 12.8 Å². The third-order valence-electron chi connectivity index (χ3n) is 3.33. The highest BCUT2D eigenvalue weighted by Crippen LogP contribution is 2.23. The Bertz CT molecular complexity index is 719. The van der Waals surface area contributed by atoms with Crippen molar-refractivity contribution in [2.24, 2.45) is 0 Å². The van der Waals surface area contributed by atoms with E-state index < -0.39 is 15.8 Å². The maximum absolute atomic E-state index is 13.3. The Kier molecular flexibility index (Phi) is 4.44. The number of aryl methyl sites for hydroxylation is 2. The maximum Gasteiger partial charge on any atom is 0.241 e. The first-order valence-electron chi connectivity index (χ1n) is 6.65. The van der Waals surface area contributed by atoms with Crippen molar-refractivity contribution in [3.63, 3.8) is 0 Å². The fourth-order valence-electron chi connectivity index (χ4n) is 2.42. The summed E-state index contributed by atoms with van der Waals surface area (Å²) in [4.78, 5) is 0.145. The third-order valence-corrected chi connectivity index (χ3v) is 5.17. The van der Waals surface area contributed by atoms with Gasteiger partial charge in [0.2, 0.25) is 10.0 Å². The van der Waals surface area contributed by atoms with Gasteiger partial charge in [0, 0.05) is 6.04 Å². The van der Waals surface area contributed by atoms with Crippen LogP contribution in [0.5, 0.6) is 0 Å². The van der Waals surface area contributed by atoms with Crippen LogP contribution in [0.2, 0.25) is 0 Å². The van der Waals surface area contributed by atoms with Gasteiger partial charge < -0.3 is 0 Å². The molecule has 0 bridgehead atoms. The first-order valence-corrected chi connectivity index (χ1v) is 8.13. The van der Waals surface area contributed by atoms with Gasteiger partial charge in [0.1, 0.15) is 5.82 Å². The van der Waals surface area contributed by atoms with Gasteiger partial charge in [-0.3, -0.25) is 0 Å². The highest BCUT2D eigenvalue weighted by atomic mass is 32.2. The van der Waals surface area contributed by atoms with Crippen molar-refractivity contribution in [1.82, 2.24) is 4.72 Å². The van der Waals surface area contributed by atoms with Crippen molar-refractivity contribution in [2.45, 2.75) is 31.7 Å². The molecule has 2 rings (SSSR count). The molecule has 1 N–H and O–H groups in total. The number of hydrogen-bond acceptors (Lipinski definition) is 2. The van der Waals surface area contributed by atoms with Gasteiger partial charge in [-0.05, 0) is 49.6 Å². The summed E-state index contributed by atoms with van der Waals surface area (Å²) in [6.07, 6.45) is 0. The molecular formula is C16H18FNO2S. The molecule has 0 aromatic heterocycles. The molecule has 0 aliphatic heterocycles. The quantitative estimate of drug-likeness (QED) is 0.940. The number of benzene rings is 2. The van der Waals surface area contributed by atoms with Crippen LogP contribution in [0.1, 0.15) is 29.7 Å². The second-order valence-corrected chi connectivity index (χ2v) is 6.77. The van der Waals surface area contributed by atoms with Crippen molar-refractivity contribution in [1.29, 1.82) is 0 Å². The fraction of sp³-hybridized carbons (Fsp3) is 0.250. The van der Waals surface area contributed by atoms with Crippen LogP contribution in [-0.4, -0.2) is 8.42 Å². The number of nitrogens with one attached hydrogen (secondary N) is 1. The van der Waals surface area contributed by atoms with Crippen LogP contribution < -0.4 is 4.72 Å². The van der Waals surface area contributed by atoms with E-state index in [0.29, 0.717) is 11.1 Å². The van der Waals surface area contributed by atoms with E-state index in [1.54, 1.807) is 20.8 Å². The van der Waals surface area contributed by atoms with Gasteiger partial charge >= 0.3 is 0 Å². The van der Waals surface area contributed by atoms with Gasteiger partial charge in [0.05, 0.1) is 4.90 Å². The van der Waals surface area contributed by atoms with E-state index in [1.165, 1.54) is 12.1 Å². The highest BCUT2D eigenvalue weighted by molar-refractivity contribution is 7.89. The first-order chi connectivity index (χ1) is 9.81. The highest BCUT2D eigenvalue weighted by Gasteiger charge is 2.22. The molecule has 0 unspecified atom stereocenters. The summed E-state index contributed by atoms with van der Waals surface area (Å²) in [6, 6.07) is 11.4. The second kappa shape index (κ2) is 5.95. The van der Waals surface area contributed by atoms with Crippen molar-refractivity contribution < 1.29 is 12.8 Å². The lowest BCUT2D eigenvalue weighted by atomic mass is 10.1. The molecule has 0 heterocycles. The predicted octanol–water partition coefficient (Wildman–Crippen LogP) is 3.48. The summed E-state index contributed by atoms with van der Waals surface area (Å²) in [7, 11) is -3.70. The lowest BCUT2D eigenvalue weighted by Crippen LogP contribution is -2.28. The van der Waals surface area contributed by atoms with Crippen LogP contribution in [-0.2, 0) is 10.0 Å². The summed E-state index contributed by atoms with van der Waals surface area (Å²) in [5.74, 6) is -0.431. The van der Waals surface area contributed by atoms with Crippen LogP contribution in [0, 0.1) is 19.7 Å². The molecular weight excluding hydrogens is 289 g/mol. The molecule has 3 nitrogen and oxygen atoms in total. The van der Waals surface area contributed by atoms with Gasteiger partial charge in [-0.15, -0.1) is 0 Å². The van der Waals surface area contributed by atoms with E-state index >= 15 is 0 Å². The Balaban J connectivity index is 2.36. The normalized spacial score (nSPS) is 13.1. The van der Waals surface area contributed by atoms with Gasteiger partial charge in [-0.2, -0.15) is 0 Å².